The van der Waals surface area contributed by atoms with E-state index in [0.29, 0.717) is 19.6 Å². The largest absolute Gasteiger partial charge is 0.437 e. The quantitative estimate of drug-likeness (QED) is 0.532. The fourth-order valence-electron chi connectivity index (χ4n) is 0.840. The summed E-state index contributed by atoms with van der Waals surface area (Å²) in [6, 6.07) is 0. The first kappa shape index (κ1) is 7.50. The van der Waals surface area contributed by atoms with E-state index in [1.165, 1.54) is 0 Å². The van der Waals surface area contributed by atoms with E-state index in [9.17, 15) is 4.79 Å². The average molecular weight is 145 g/mol. The highest BCUT2D eigenvalue weighted by molar-refractivity contribution is 5.37. The maximum Gasteiger partial charge on any atom is 0.295 e. The predicted molar refractivity (Wildman–Crippen MR) is 34.4 cm³/mol. The number of rotatable bonds is 2. The van der Waals surface area contributed by atoms with Crippen molar-refractivity contribution in [2.75, 3.05) is 19.7 Å². The molecule has 10 heavy (non-hydrogen) atoms. The van der Waals surface area contributed by atoms with E-state index in [0.717, 1.165) is 13.0 Å². The fraction of sp³-hybridized carbons (Fsp3) is 0.833. The highest BCUT2D eigenvalue weighted by Gasteiger charge is 2.11. The van der Waals surface area contributed by atoms with Crippen molar-refractivity contribution in [2.24, 2.45) is 0 Å². The van der Waals surface area contributed by atoms with Gasteiger partial charge in [0.1, 0.15) is 0 Å². The molecular formula is C6H11NO3. The van der Waals surface area contributed by atoms with Crippen LogP contribution in [0.5, 0.6) is 0 Å². The number of hydrogen-bond acceptors (Lipinski definition) is 4. The number of ether oxygens (including phenoxy) is 2. The molecule has 0 aromatic heterocycles. The lowest BCUT2D eigenvalue weighted by molar-refractivity contribution is -0.160. The third kappa shape index (κ3) is 2.33. The minimum absolute atomic E-state index is 0.389. The van der Waals surface area contributed by atoms with Gasteiger partial charge in [-0.1, -0.05) is 0 Å². The minimum atomic E-state index is -0.389. The van der Waals surface area contributed by atoms with Crippen LogP contribution in [0.4, 0.5) is 0 Å². The van der Waals surface area contributed by atoms with E-state index < -0.39 is 0 Å². The lowest BCUT2D eigenvalue weighted by Crippen LogP contribution is -2.28. The first-order valence-electron chi connectivity index (χ1n) is 3.35. The Hall–Kier alpha value is -0.610. The highest BCUT2D eigenvalue weighted by atomic mass is 16.7. The zero-order valence-electron chi connectivity index (χ0n) is 5.71. The van der Waals surface area contributed by atoms with Crippen molar-refractivity contribution in [1.82, 2.24) is 5.32 Å². The lowest BCUT2D eigenvalue weighted by Gasteiger charge is -2.11. The van der Waals surface area contributed by atoms with Crippen LogP contribution >= 0.6 is 0 Å². The fourth-order valence-corrected chi connectivity index (χ4v) is 0.840. The average Bonchev–Trinajstić information content (AvgIpc) is 2.17. The van der Waals surface area contributed by atoms with E-state index >= 15 is 0 Å². The number of nitrogens with one attached hydrogen (secondary N) is 1. The molecule has 1 saturated heterocycles. The van der Waals surface area contributed by atoms with Crippen molar-refractivity contribution in [3.05, 3.63) is 0 Å². The van der Waals surface area contributed by atoms with Gasteiger partial charge in [0, 0.05) is 0 Å². The summed E-state index contributed by atoms with van der Waals surface area (Å²) in [5.41, 5.74) is 0. The molecule has 1 aliphatic rings. The Kier molecular flexibility index (Phi) is 3.18. The molecule has 4 heteroatoms. The van der Waals surface area contributed by atoms with Gasteiger partial charge in [-0.3, -0.25) is 4.79 Å². The van der Waals surface area contributed by atoms with Gasteiger partial charge in [0.2, 0.25) is 6.29 Å². The van der Waals surface area contributed by atoms with Crippen molar-refractivity contribution < 1.29 is 14.3 Å². The van der Waals surface area contributed by atoms with E-state index in [2.05, 4.69) is 10.1 Å². The molecule has 1 atom stereocenters. The van der Waals surface area contributed by atoms with Crippen LogP contribution in [0.2, 0.25) is 0 Å². The van der Waals surface area contributed by atoms with Crippen LogP contribution in [0.25, 0.3) is 0 Å². The van der Waals surface area contributed by atoms with Crippen LogP contribution in [0.1, 0.15) is 6.42 Å². The molecule has 0 amide bonds. The summed E-state index contributed by atoms with van der Waals surface area (Å²) in [4.78, 5) is 9.86. The Bertz CT molecular complexity index is 99.2. The van der Waals surface area contributed by atoms with E-state index in [-0.39, 0.29) is 6.29 Å². The molecule has 0 aromatic carbocycles. The van der Waals surface area contributed by atoms with Crippen LogP contribution < -0.4 is 5.32 Å². The molecule has 0 radical (unpaired) electrons. The van der Waals surface area contributed by atoms with Gasteiger partial charge >= 0.3 is 0 Å². The Labute approximate surface area is 59.5 Å². The molecule has 1 unspecified atom stereocenters. The molecule has 1 heterocycles. The maximum atomic E-state index is 9.86. The van der Waals surface area contributed by atoms with Gasteiger partial charge in [-0.05, 0) is 13.0 Å². The zero-order valence-corrected chi connectivity index (χ0v) is 5.71. The highest BCUT2D eigenvalue weighted by Crippen LogP contribution is 1.96. The van der Waals surface area contributed by atoms with Gasteiger partial charge < -0.3 is 14.8 Å². The molecule has 1 fully saturated rings. The van der Waals surface area contributed by atoms with Gasteiger partial charge in [0.25, 0.3) is 6.47 Å². The van der Waals surface area contributed by atoms with Crippen molar-refractivity contribution in [3.8, 4) is 0 Å². The summed E-state index contributed by atoms with van der Waals surface area (Å²) < 4.78 is 9.72. The Morgan fingerprint density at radius 2 is 2.60 bits per heavy atom. The maximum absolute atomic E-state index is 9.86. The normalized spacial score (nSPS) is 27.0. The first-order valence-corrected chi connectivity index (χ1v) is 3.35. The summed E-state index contributed by atoms with van der Waals surface area (Å²) in [7, 11) is 0. The minimum Gasteiger partial charge on any atom is -0.437 e. The molecule has 1 aliphatic heterocycles. The second-order valence-electron chi connectivity index (χ2n) is 2.09. The van der Waals surface area contributed by atoms with Crippen molar-refractivity contribution >= 4 is 6.47 Å². The van der Waals surface area contributed by atoms with Crippen LogP contribution in [0, 0.1) is 0 Å². The second kappa shape index (κ2) is 4.24. The van der Waals surface area contributed by atoms with Gasteiger partial charge in [-0.2, -0.15) is 0 Å². The summed E-state index contributed by atoms with van der Waals surface area (Å²) in [5.74, 6) is 0. The molecule has 0 saturated carbocycles. The summed E-state index contributed by atoms with van der Waals surface area (Å²) >= 11 is 0. The van der Waals surface area contributed by atoms with Gasteiger partial charge in [-0.25, -0.2) is 0 Å². The molecule has 0 aliphatic carbocycles. The van der Waals surface area contributed by atoms with Crippen molar-refractivity contribution in [2.45, 2.75) is 12.7 Å². The van der Waals surface area contributed by atoms with Crippen LogP contribution in [-0.2, 0) is 14.3 Å². The summed E-state index contributed by atoms with van der Waals surface area (Å²) in [5, 5.41) is 3.07. The SMILES string of the molecule is O=COC1CNCCCO1. The topological polar surface area (TPSA) is 47.6 Å². The Morgan fingerprint density at radius 3 is 3.40 bits per heavy atom. The van der Waals surface area contributed by atoms with Crippen LogP contribution in [0.3, 0.4) is 0 Å². The third-order valence-electron chi connectivity index (χ3n) is 1.32. The standard InChI is InChI=1S/C6H11NO3/c8-5-10-6-4-7-2-1-3-9-6/h5-7H,1-4H2. The third-order valence-corrected chi connectivity index (χ3v) is 1.32. The number of hydrogen-bond donors (Lipinski definition) is 1. The van der Waals surface area contributed by atoms with E-state index in [1.807, 2.05) is 0 Å². The molecule has 4 nitrogen and oxygen atoms in total. The molecule has 0 spiro atoms. The van der Waals surface area contributed by atoms with Crippen molar-refractivity contribution in [1.29, 1.82) is 0 Å². The molecule has 1 rings (SSSR count). The van der Waals surface area contributed by atoms with Crippen molar-refractivity contribution in [3.63, 3.8) is 0 Å². The molecular weight excluding hydrogens is 134 g/mol. The molecule has 1 N–H and O–H groups in total. The number of carbonyl (C=O) groups is 1. The van der Waals surface area contributed by atoms with Gasteiger partial charge in [0.05, 0.1) is 13.2 Å². The van der Waals surface area contributed by atoms with Crippen LogP contribution in [0.15, 0.2) is 0 Å². The summed E-state index contributed by atoms with van der Waals surface area (Å²) in [6.45, 7) is 2.60. The predicted octanol–water partition coefficient (Wildman–Crippen LogP) is -0.505. The lowest BCUT2D eigenvalue weighted by atomic mass is 10.5. The molecule has 58 valence electrons. The van der Waals surface area contributed by atoms with Gasteiger partial charge in [-0.15, -0.1) is 0 Å². The first-order chi connectivity index (χ1) is 4.93. The smallest absolute Gasteiger partial charge is 0.295 e. The monoisotopic (exact) mass is 145 g/mol. The Morgan fingerprint density at radius 1 is 1.70 bits per heavy atom. The Balaban J connectivity index is 2.21. The number of carbonyl (C=O) groups excluding carboxylic acids is 1. The van der Waals surface area contributed by atoms with Gasteiger partial charge in [0.15, 0.2) is 0 Å². The zero-order chi connectivity index (χ0) is 7.23. The molecule has 0 bridgehead atoms. The van der Waals surface area contributed by atoms with E-state index in [4.69, 9.17) is 4.74 Å². The molecule has 0 aromatic rings. The second-order valence-corrected chi connectivity index (χ2v) is 2.09. The van der Waals surface area contributed by atoms with Crippen LogP contribution in [-0.4, -0.2) is 32.5 Å². The van der Waals surface area contributed by atoms with E-state index in [1.54, 1.807) is 0 Å². The summed E-state index contributed by atoms with van der Waals surface area (Å²) in [6.07, 6.45) is 0.582.